The van der Waals surface area contributed by atoms with E-state index in [2.05, 4.69) is 10.2 Å². The third kappa shape index (κ3) is 3.62. The molecule has 0 unspecified atom stereocenters. The number of carbonyl (C=O) groups is 1. The Balaban J connectivity index is 2.19. The van der Waals surface area contributed by atoms with Crippen LogP contribution in [0.15, 0.2) is 18.2 Å². The van der Waals surface area contributed by atoms with Crippen molar-refractivity contribution < 1.29 is 9.72 Å². The summed E-state index contributed by atoms with van der Waals surface area (Å²) in [5, 5.41) is 14.2. The van der Waals surface area contributed by atoms with Gasteiger partial charge in [-0.1, -0.05) is 0 Å². The average molecular weight is 292 g/mol. The van der Waals surface area contributed by atoms with Crippen LogP contribution >= 0.6 is 0 Å². The topological polar surface area (TPSA) is 78.7 Å². The first kappa shape index (κ1) is 15.1. The summed E-state index contributed by atoms with van der Waals surface area (Å²) in [4.78, 5) is 25.9. The number of nitro benzene ring substituents is 1. The molecular weight excluding hydrogens is 272 g/mol. The number of carbonyl (C=O) groups excluding carboxylic acids is 1. The van der Waals surface area contributed by atoms with Crippen LogP contribution in [0.2, 0.25) is 0 Å². The number of benzene rings is 1. The van der Waals surface area contributed by atoms with Gasteiger partial charge in [0.2, 0.25) is 5.91 Å². The van der Waals surface area contributed by atoms with Crippen LogP contribution in [0.4, 0.5) is 17.1 Å². The van der Waals surface area contributed by atoms with E-state index in [9.17, 15) is 14.9 Å². The normalized spacial score (nSPS) is 15.0. The summed E-state index contributed by atoms with van der Waals surface area (Å²) in [6.07, 6.45) is 0. The molecule has 1 aromatic rings. The molecule has 1 amide bonds. The summed E-state index contributed by atoms with van der Waals surface area (Å²) in [6, 6.07) is 5.04. The van der Waals surface area contributed by atoms with Gasteiger partial charge in [-0.15, -0.1) is 0 Å². The molecule has 0 aliphatic carbocycles. The number of rotatable bonds is 4. The Kier molecular flexibility index (Phi) is 4.62. The molecule has 0 saturated carbocycles. The van der Waals surface area contributed by atoms with Crippen LogP contribution in [-0.4, -0.2) is 48.5 Å². The van der Waals surface area contributed by atoms with Gasteiger partial charge in [0.05, 0.1) is 4.92 Å². The van der Waals surface area contributed by atoms with E-state index < -0.39 is 0 Å². The standard InChI is InChI=1S/C14H20N4O3/c1-3-15-12-8-13(10-14(9-12)18(20)21)17-6-4-16(5-7-17)11(2)19/h8-10,15H,3-7H2,1-2H3. The number of anilines is 2. The predicted molar refractivity (Wildman–Crippen MR) is 81.7 cm³/mol. The van der Waals surface area contributed by atoms with E-state index >= 15 is 0 Å². The number of nitrogens with one attached hydrogen (secondary N) is 1. The average Bonchev–Trinajstić information content (AvgIpc) is 2.47. The van der Waals surface area contributed by atoms with Gasteiger partial charge in [-0.05, 0) is 13.0 Å². The molecule has 0 atom stereocenters. The first-order chi connectivity index (χ1) is 10.0. The molecule has 1 aromatic carbocycles. The van der Waals surface area contributed by atoms with Gasteiger partial charge in [0, 0.05) is 63.2 Å². The minimum atomic E-state index is -0.379. The van der Waals surface area contributed by atoms with Crippen molar-refractivity contribution in [3.63, 3.8) is 0 Å². The van der Waals surface area contributed by atoms with Crippen LogP contribution in [0.3, 0.4) is 0 Å². The smallest absolute Gasteiger partial charge is 0.273 e. The monoisotopic (exact) mass is 292 g/mol. The first-order valence-corrected chi connectivity index (χ1v) is 7.05. The molecule has 2 rings (SSSR count). The minimum Gasteiger partial charge on any atom is -0.385 e. The molecule has 7 heteroatoms. The van der Waals surface area contributed by atoms with Gasteiger partial charge in [0.25, 0.3) is 5.69 Å². The highest BCUT2D eigenvalue weighted by Crippen LogP contribution is 2.27. The molecular formula is C14H20N4O3. The van der Waals surface area contributed by atoms with Gasteiger partial charge in [0.15, 0.2) is 0 Å². The number of hydrogen-bond acceptors (Lipinski definition) is 5. The maximum absolute atomic E-state index is 11.3. The van der Waals surface area contributed by atoms with E-state index in [1.165, 1.54) is 0 Å². The summed E-state index contributed by atoms with van der Waals surface area (Å²) in [5.41, 5.74) is 1.65. The minimum absolute atomic E-state index is 0.0713. The van der Waals surface area contributed by atoms with Gasteiger partial charge >= 0.3 is 0 Å². The zero-order valence-corrected chi connectivity index (χ0v) is 12.3. The summed E-state index contributed by atoms with van der Waals surface area (Å²) in [5.74, 6) is 0.0713. The molecule has 1 saturated heterocycles. The number of nitro groups is 1. The molecule has 1 heterocycles. The van der Waals surface area contributed by atoms with Crippen molar-refractivity contribution in [3.8, 4) is 0 Å². The van der Waals surface area contributed by atoms with Crippen molar-refractivity contribution in [2.75, 3.05) is 42.9 Å². The number of amides is 1. The maximum atomic E-state index is 11.3. The molecule has 1 aliphatic rings. The molecule has 114 valence electrons. The van der Waals surface area contributed by atoms with Gasteiger partial charge in [-0.2, -0.15) is 0 Å². The second-order valence-corrected chi connectivity index (χ2v) is 5.02. The Labute approximate surface area is 123 Å². The van der Waals surface area contributed by atoms with Crippen LogP contribution < -0.4 is 10.2 Å². The van der Waals surface area contributed by atoms with Gasteiger partial charge in [-0.3, -0.25) is 14.9 Å². The highest BCUT2D eigenvalue weighted by Gasteiger charge is 2.20. The lowest BCUT2D eigenvalue weighted by Crippen LogP contribution is -2.48. The van der Waals surface area contributed by atoms with Gasteiger partial charge < -0.3 is 15.1 Å². The lowest BCUT2D eigenvalue weighted by atomic mass is 10.2. The van der Waals surface area contributed by atoms with Crippen LogP contribution in [0.5, 0.6) is 0 Å². The predicted octanol–water partition coefficient (Wildman–Crippen LogP) is 1.70. The Morgan fingerprint density at radius 3 is 2.48 bits per heavy atom. The Morgan fingerprint density at radius 1 is 1.29 bits per heavy atom. The van der Waals surface area contributed by atoms with E-state index in [1.54, 1.807) is 24.0 Å². The zero-order valence-electron chi connectivity index (χ0n) is 12.3. The van der Waals surface area contributed by atoms with E-state index in [-0.39, 0.29) is 16.5 Å². The second kappa shape index (κ2) is 6.43. The summed E-state index contributed by atoms with van der Waals surface area (Å²) in [6.45, 7) is 6.89. The molecule has 0 aromatic heterocycles. The zero-order chi connectivity index (χ0) is 15.4. The number of nitrogens with zero attached hydrogens (tertiary/aromatic N) is 3. The van der Waals surface area contributed by atoms with Crippen LogP contribution in [0.25, 0.3) is 0 Å². The van der Waals surface area contributed by atoms with Gasteiger partial charge in [0.1, 0.15) is 0 Å². The maximum Gasteiger partial charge on any atom is 0.273 e. The van der Waals surface area contributed by atoms with Crippen molar-refractivity contribution >= 4 is 23.0 Å². The molecule has 0 radical (unpaired) electrons. The fraction of sp³-hybridized carbons (Fsp3) is 0.500. The van der Waals surface area contributed by atoms with Crippen LogP contribution in [0, 0.1) is 10.1 Å². The number of non-ortho nitro benzene ring substituents is 1. The molecule has 7 nitrogen and oxygen atoms in total. The van der Waals surface area contributed by atoms with Crippen molar-refractivity contribution in [3.05, 3.63) is 28.3 Å². The lowest BCUT2D eigenvalue weighted by Gasteiger charge is -2.35. The summed E-state index contributed by atoms with van der Waals surface area (Å²) in [7, 11) is 0. The highest BCUT2D eigenvalue weighted by atomic mass is 16.6. The van der Waals surface area contributed by atoms with Crippen molar-refractivity contribution in [2.45, 2.75) is 13.8 Å². The van der Waals surface area contributed by atoms with Crippen molar-refractivity contribution in [1.29, 1.82) is 0 Å². The molecule has 1 aliphatic heterocycles. The van der Waals surface area contributed by atoms with E-state index in [4.69, 9.17) is 0 Å². The Hall–Kier alpha value is -2.31. The fourth-order valence-corrected chi connectivity index (χ4v) is 2.47. The van der Waals surface area contributed by atoms with E-state index in [1.807, 2.05) is 13.0 Å². The third-order valence-electron chi connectivity index (χ3n) is 3.58. The quantitative estimate of drug-likeness (QED) is 0.675. The molecule has 1 N–H and O–H groups in total. The van der Waals surface area contributed by atoms with Gasteiger partial charge in [-0.25, -0.2) is 0 Å². The Bertz CT molecular complexity index is 539. The molecule has 0 bridgehead atoms. The van der Waals surface area contributed by atoms with E-state index in [0.29, 0.717) is 32.7 Å². The second-order valence-electron chi connectivity index (χ2n) is 5.02. The molecule has 1 fully saturated rings. The lowest BCUT2D eigenvalue weighted by molar-refractivity contribution is -0.384. The Morgan fingerprint density at radius 2 is 1.95 bits per heavy atom. The summed E-state index contributed by atoms with van der Waals surface area (Å²) >= 11 is 0. The third-order valence-corrected chi connectivity index (χ3v) is 3.58. The number of hydrogen-bond donors (Lipinski definition) is 1. The fourth-order valence-electron chi connectivity index (χ4n) is 2.47. The SMILES string of the molecule is CCNc1cc(N2CCN(C(C)=O)CC2)cc([N+](=O)[O-])c1. The molecule has 21 heavy (non-hydrogen) atoms. The van der Waals surface area contributed by atoms with E-state index in [0.717, 1.165) is 11.4 Å². The molecule has 0 spiro atoms. The largest absolute Gasteiger partial charge is 0.385 e. The highest BCUT2D eigenvalue weighted by molar-refractivity contribution is 5.73. The first-order valence-electron chi connectivity index (χ1n) is 7.05. The van der Waals surface area contributed by atoms with Crippen LogP contribution in [0.1, 0.15) is 13.8 Å². The van der Waals surface area contributed by atoms with Crippen molar-refractivity contribution in [1.82, 2.24) is 4.90 Å². The summed E-state index contributed by atoms with van der Waals surface area (Å²) < 4.78 is 0. The number of piperazine rings is 1. The van der Waals surface area contributed by atoms with Crippen molar-refractivity contribution in [2.24, 2.45) is 0 Å². The van der Waals surface area contributed by atoms with Crippen LogP contribution in [-0.2, 0) is 4.79 Å².